The normalized spacial score (nSPS) is 23.2. The molecule has 10 heteroatoms. The molecule has 1 saturated heterocycles. The standard InChI is InChI=1S/C29H32F5N3O2/c1-16-7-24(38-2)21(20-3-5-35-25(16)20)15-37-6-4-28(9-18(10-28)26(31)32)13-23(37)17-8-22(30)27(36-14-17)39-19-11-29(33,34)12-19/h3,5,7-8,14,18-19,23,26,35H,4,6,9-13,15H2,1-2H3/t18?,23-,28?/m1/s1. The van der Waals surface area contributed by atoms with E-state index in [1.165, 1.54) is 12.3 Å². The fourth-order valence-corrected chi connectivity index (χ4v) is 6.84. The Bertz CT molecular complexity index is 1360. The van der Waals surface area contributed by atoms with Gasteiger partial charge in [-0.25, -0.2) is 26.9 Å². The molecule has 0 bridgehead atoms. The summed E-state index contributed by atoms with van der Waals surface area (Å²) in [5, 5.41) is 1.04. The van der Waals surface area contributed by atoms with Crippen molar-refractivity contribution in [3.63, 3.8) is 0 Å². The number of aromatic nitrogens is 2. The van der Waals surface area contributed by atoms with E-state index < -0.39 is 43.0 Å². The third-order valence-electron chi connectivity index (χ3n) is 8.98. The number of hydrogen-bond acceptors (Lipinski definition) is 4. The second-order valence-corrected chi connectivity index (χ2v) is 11.6. The molecule has 39 heavy (non-hydrogen) atoms. The van der Waals surface area contributed by atoms with Gasteiger partial charge in [0.05, 0.1) is 7.11 Å². The number of aromatic amines is 1. The van der Waals surface area contributed by atoms with Gasteiger partial charge in [-0.2, -0.15) is 0 Å². The van der Waals surface area contributed by atoms with Crippen LogP contribution in [0.3, 0.4) is 0 Å². The van der Waals surface area contributed by atoms with Crippen LogP contribution in [0.15, 0.2) is 30.6 Å². The third kappa shape index (κ3) is 4.85. The van der Waals surface area contributed by atoms with Gasteiger partial charge in [0.15, 0.2) is 5.82 Å². The van der Waals surface area contributed by atoms with Crippen molar-refractivity contribution in [3.05, 3.63) is 53.1 Å². The first-order valence-corrected chi connectivity index (χ1v) is 13.4. The molecular formula is C29H32F5N3O2. The van der Waals surface area contributed by atoms with Gasteiger partial charge in [0.2, 0.25) is 6.43 Å². The van der Waals surface area contributed by atoms with Crippen LogP contribution >= 0.6 is 0 Å². The number of piperidine rings is 1. The zero-order valence-electron chi connectivity index (χ0n) is 22.0. The molecule has 3 fully saturated rings. The molecule has 1 spiro atoms. The molecule has 5 nitrogen and oxygen atoms in total. The molecule has 1 aliphatic heterocycles. The molecule has 2 saturated carbocycles. The number of alkyl halides is 4. The van der Waals surface area contributed by atoms with E-state index in [0.717, 1.165) is 34.2 Å². The number of benzene rings is 1. The number of pyridine rings is 1. The first-order chi connectivity index (χ1) is 18.6. The van der Waals surface area contributed by atoms with Crippen LogP contribution in [0, 0.1) is 24.1 Å². The van der Waals surface area contributed by atoms with Gasteiger partial charge in [0, 0.05) is 60.2 Å². The van der Waals surface area contributed by atoms with Gasteiger partial charge in [0.1, 0.15) is 11.9 Å². The third-order valence-corrected chi connectivity index (χ3v) is 8.98. The van der Waals surface area contributed by atoms with Crippen molar-refractivity contribution in [2.24, 2.45) is 11.3 Å². The van der Waals surface area contributed by atoms with Crippen molar-refractivity contribution < 1.29 is 31.4 Å². The summed E-state index contributed by atoms with van der Waals surface area (Å²) in [6.45, 7) is 3.19. The molecule has 3 heterocycles. The highest BCUT2D eigenvalue weighted by molar-refractivity contribution is 5.88. The number of halogens is 5. The lowest BCUT2D eigenvalue weighted by Crippen LogP contribution is -2.49. The highest BCUT2D eigenvalue weighted by Crippen LogP contribution is 2.58. The van der Waals surface area contributed by atoms with Crippen LogP contribution in [0.5, 0.6) is 11.6 Å². The number of nitrogens with zero attached hydrogens (tertiary/aromatic N) is 2. The number of H-pyrrole nitrogens is 1. The van der Waals surface area contributed by atoms with E-state index >= 15 is 4.39 Å². The predicted molar refractivity (Wildman–Crippen MR) is 136 cm³/mol. The van der Waals surface area contributed by atoms with Crippen LogP contribution in [0.4, 0.5) is 22.0 Å². The lowest BCUT2D eigenvalue weighted by Gasteiger charge is -2.55. The minimum absolute atomic E-state index is 0.216. The monoisotopic (exact) mass is 549 g/mol. The Labute approximate surface area is 223 Å². The van der Waals surface area contributed by atoms with Gasteiger partial charge < -0.3 is 14.5 Å². The first kappa shape index (κ1) is 26.3. The maximum atomic E-state index is 15.1. The van der Waals surface area contributed by atoms with Crippen LogP contribution in [0.1, 0.15) is 61.3 Å². The number of fused-ring (bicyclic) bond motifs is 1. The number of hydrogen-bond donors (Lipinski definition) is 1. The Hall–Kier alpha value is -2.88. The molecule has 2 aromatic heterocycles. The van der Waals surface area contributed by atoms with E-state index in [2.05, 4.69) is 14.9 Å². The molecule has 3 aromatic rings. The lowest BCUT2D eigenvalue weighted by atomic mass is 9.56. The number of rotatable bonds is 7. The van der Waals surface area contributed by atoms with Gasteiger partial charge in [-0.05, 0) is 73.9 Å². The van der Waals surface area contributed by atoms with Crippen LogP contribution < -0.4 is 9.47 Å². The maximum Gasteiger partial charge on any atom is 0.255 e. The molecular weight excluding hydrogens is 517 g/mol. The van der Waals surface area contributed by atoms with E-state index in [1.807, 2.05) is 25.3 Å². The van der Waals surface area contributed by atoms with Gasteiger partial charge in [-0.3, -0.25) is 4.90 Å². The summed E-state index contributed by atoms with van der Waals surface area (Å²) in [7, 11) is 1.63. The van der Waals surface area contributed by atoms with Crippen LogP contribution in [0.25, 0.3) is 10.9 Å². The van der Waals surface area contributed by atoms with E-state index in [9.17, 15) is 17.6 Å². The molecule has 0 amide bonds. The largest absolute Gasteiger partial charge is 0.496 e. The van der Waals surface area contributed by atoms with Crippen molar-refractivity contribution in [2.75, 3.05) is 13.7 Å². The number of likely N-dealkylation sites (tertiary alicyclic amines) is 1. The van der Waals surface area contributed by atoms with Crippen molar-refractivity contribution in [1.29, 1.82) is 0 Å². The fraction of sp³-hybridized carbons (Fsp3) is 0.552. The summed E-state index contributed by atoms with van der Waals surface area (Å²) in [6, 6.07) is 5.10. The topological polar surface area (TPSA) is 50.4 Å². The minimum Gasteiger partial charge on any atom is -0.496 e. The Balaban J connectivity index is 1.29. The molecule has 2 aliphatic carbocycles. The Kier molecular flexibility index (Phi) is 6.51. The van der Waals surface area contributed by atoms with E-state index in [1.54, 1.807) is 7.11 Å². The molecule has 0 unspecified atom stereocenters. The molecule has 1 atom stereocenters. The smallest absolute Gasteiger partial charge is 0.255 e. The van der Waals surface area contributed by atoms with Crippen molar-refractivity contribution >= 4 is 10.9 Å². The maximum absolute atomic E-state index is 15.1. The average Bonchev–Trinajstić information content (AvgIpc) is 3.35. The number of nitrogens with one attached hydrogen (secondary N) is 1. The molecule has 6 rings (SSSR count). The van der Waals surface area contributed by atoms with Crippen LogP contribution in [-0.4, -0.2) is 47.0 Å². The van der Waals surface area contributed by atoms with E-state index in [0.29, 0.717) is 37.9 Å². The zero-order valence-corrected chi connectivity index (χ0v) is 22.0. The Morgan fingerprint density at radius 2 is 1.92 bits per heavy atom. The SMILES string of the molecule is COc1cc(C)c2[nH]ccc2c1CN1CCC2(CC(C(F)F)C2)C[C@@H]1c1cnc(OC2CC(F)(F)C2)c(F)c1. The second kappa shape index (κ2) is 9.64. The van der Waals surface area contributed by atoms with Gasteiger partial charge in [0.25, 0.3) is 11.8 Å². The second-order valence-electron chi connectivity index (χ2n) is 11.6. The summed E-state index contributed by atoms with van der Waals surface area (Å²) >= 11 is 0. The van der Waals surface area contributed by atoms with Gasteiger partial charge in [-0.15, -0.1) is 0 Å². The van der Waals surface area contributed by atoms with Crippen molar-refractivity contribution in [1.82, 2.24) is 14.9 Å². The molecule has 0 radical (unpaired) electrons. The quantitative estimate of drug-likeness (QED) is 0.317. The highest BCUT2D eigenvalue weighted by atomic mass is 19.3. The van der Waals surface area contributed by atoms with Crippen LogP contribution in [-0.2, 0) is 6.54 Å². The van der Waals surface area contributed by atoms with E-state index in [-0.39, 0.29) is 17.3 Å². The number of methoxy groups -OCH3 is 1. The van der Waals surface area contributed by atoms with E-state index in [4.69, 9.17) is 9.47 Å². The molecule has 1 N–H and O–H groups in total. The number of aryl methyl sites for hydroxylation is 1. The zero-order chi connectivity index (χ0) is 27.5. The Morgan fingerprint density at radius 1 is 1.15 bits per heavy atom. The van der Waals surface area contributed by atoms with Crippen molar-refractivity contribution in [3.8, 4) is 11.6 Å². The molecule has 3 aliphatic rings. The predicted octanol–water partition coefficient (Wildman–Crippen LogP) is 7.19. The van der Waals surface area contributed by atoms with Gasteiger partial charge >= 0.3 is 0 Å². The summed E-state index contributed by atoms with van der Waals surface area (Å²) in [6.07, 6.45) is 1.72. The summed E-state index contributed by atoms with van der Waals surface area (Å²) in [5.74, 6) is -3.61. The average molecular weight is 550 g/mol. The minimum atomic E-state index is -2.78. The Morgan fingerprint density at radius 3 is 2.59 bits per heavy atom. The summed E-state index contributed by atoms with van der Waals surface area (Å²) in [4.78, 5) is 9.69. The first-order valence-electron chi connectivity index (χ1n) is 13.4. The van der Waals surface area contributed by atoms with Crippen LogP contribution in [0.2, 0.25) is 0 Å². The molecule has 1 aromatic carbocycles. The van der Waals surface area contributed by atoms with Gasteiger partial charge in [-0.1, -0.05) is 0 Å². The van der Waals surface area contributed by atoms with Crippen molar-refractivity contribution in [2.45, 2.75) is 76.5 Å². The summed E-state index contributed by atoms with van der Waals surface area (Å²) < 4.78 is 79.4. The molecule has 210 valence electrons. The summed E-state index contributed by atoms with van der Waals surface area (Å²) in [5.41, 5.74) is 3.48. The lowest BCUT2D eigenvalue weighted by molar-refractivity contribution is -0.136. The fourth-order valence-electron chi connectivity index (χ4n) is 6.84. The highest BCUT2D eigenvalue weighted by Gasteiger charge is 2.52. The number of ether oxygens (including phenoxy) is 2.